The fraction of sp³-hybridized carbons (Fsp3) is 1.00. The molecule has 1 saturated heterocycles. The van der Waals surface area contributed by atoms with Crippen molar-refractivity contribution < 1.29 is 4.21 Å². The van der Waals surface area contributed by atoms with Crippen LogP contribution in [-0.4, -0.2) is 52.3 Å². The summed E-state index contributed by atoms with van der Waals surface area (Å²) in [6.07, 6.45) is 9.77. The van der Waals surface area contributed by atoms with Gasteiger partial charge in [-0.25, -0.2) is 0 Å². The predicted molar refractivity (Wildman–Crippen MR) is 78.4 cm³/mol. The van der Waals surface area contributed by atoms with Crippen LogP contribution in [0.25, 0.3) is 0 Å². The van der Waals surface area contributed by atoms with E-state index in [4.69, 9.17) is 0 Å². The van der Waals surface area contributed by atoms with E-state index in [1.807, 2.05) is 6.26 Å². The van der Waals surface area contributed by atoms with Gasteiger partial charge in [-0.3, -0.25) is 4.21 Å². The van der Waals surface area contributed by atoms with Crippen molar-refractivity contribution in [2.24, 2.45) is 0 Å². The van der Waals surface area contributed by atoms with Crippen molar-refractivity contribution in [1.82, 2.24) is 10.2 Å². The summed E-state index contributed by atoms with van der Waals surface area (Å²) in [5.41, 5.74) is 0.408. The maximum Gasteiger partial charge on any atom is 0.0329 e. The lowest BCUT2D eigenvalue weighted by molar-refractivity contribution is 0.0987. The molecule has 1 spiro atoms. The Morgan fingerprint density at radius 1 is 1.33 bits per heavy atom. The molecule has 1 saturated carbocycles. The van der Waals surface area contributed by atoms with E-state index in [9.17, 15) is 4.21 Å². The van der Waals surface area contributed by atoms with Crippen LogP contribution in [0.1, 0.15) is 45.4 Å². The summed E-state index contributed by atoms with van der Waals surface area (Å²) >= 11 is 0. The first-order valence-electron chi connectivity index (χ1n) is 7.41. The summed E-state index contributed by atoms with van der Waals surface area (Å²) in [7, 11) is -0.670. The summed E-state index contributed by atoms with van der Waals surface area (Å²) in [5.74, 6) is 0. The van der Waals surface area contributed by atoms with Crippen LogP contribution in [0.3, 0.4) is 0 Å². The van der Waals surface area contributed by atoms with Gasteiger partial charge >= 0.3 is 0 Å². The minimum Gasteiger partial charge on any atom is -0.309 e. The van der Waals surface area contributed by atoms with E-state index >= 15 is 0 Å². The van der Waals surface area contributed by atoms with Crippen LogP contribution in [0.2, 0.25) is 0 Å². The SMILES string of the molecule is CC(CCN1CCNC2(CCCCC2)C1)S(C)=O. The molecule has 0 aromatic rings. The second-order valence-corrected chi connectivity index (χ2v) is 7.94. The van der Waals surface area contributed by atoms with E-state index in [2.05, 4.69) is 17.1 Å². The van der Waals surface area contributed by atoms with E-state index < -0.39 is 10.8 Å². The summed E-state index contributed by atoms with van der Waals surface area (Å²) < 4.78 is 11.4. The van der Waals surface area contributed by atoms with Gasteiger partial charge < -0.3 is 10.2 Å². The standard InChI is InChI=1S/C14H28N2OS/c1-13(18(2)17)6-10-16-11-9-15-14(12-16)7-4-3-5-8-14/h13,15H,3-12H2,1-2H3. The fourth-order valence-corrected chi connectivity index (χ4v) is 3.76. The van der Waals surface area contributed by atoms with Crippen molar-refractivity contribution >= 4 is 10.8 Å². The number of piperazine rings is 1. The molecule has 3 nitrogen and oxygen atoms in total. The quantitative estimate of drug-likeness (QED) is 0.846. The molecular weight excluding hydrogens is 244 g/mol. The van der Waals surface area contributed by atoms with Crippen molar-refractivity contribution in [1.29, 1.82) is 0 Å². The molecule has 2 atom stereocenters. The first-order chi connectivity index (χ1) is 8.61. The third-order valence-corrected chi connectivity index (χ3v) is 6.05. The number of hydrogen-bond acceptors (Lipinski definition) is 3. The molecule has 106 valence electrons. The molecule has 0 bridgehead atoms. The van der Waals surface area contributed by atoms with Gasteiger partial charge in [0, 0.05) is 47.5 Å². The number of rotatable bonds is 4. The molecule has 2 aliphatic rings. The average molecular weight is 272 g/mol. The van der Waals surface area contributed by atoms with Gasteiger partial charge in [-0.2, -0.15) is 0 Å². The largest absolute Gasteiger partial charge is 0.309 e. The lowest BCUT2D eigenvalue weighted by Crippen LogP contribution is -2.61. The molecule has 18 heavy (non-hydrogen) atoms. The number of hydrogen-bond donors (Lipinski definition) is 1. The zero-order chi connectivity index (χ0) is 13.0. The van der Waals surface area contributed by atoms with Gasteiger partial charge in [0.1, 0.15) is 0 Å². The highest BCUT2D eigenvalue weighted by Crippen LogP contribution is 2.30. The van der Waals surface area contributed by atoms with E-state index in [1.165, 1.54) is 38.6 Å². The van der Waals surface area contributed by atoms with Gasteiger partial charge in [0.25, 0.3) is 0 Å². The Hall–Kier alpha value is 0.0700. The highest BCUT2D eigenvalue weighted by Gasteiger charge is 2.35. The molecule has 2 unspecified atom stereocenters. The molecule has 1 N–H and O–H groups in total. The molecule has 4 heteroatoms. The lowest BCUT2D eigenvalue weighted by Gasteiger charge is -2.46. The van der Waals surface area contributed by atoms with Crippen molar-refractivity contribution in [2.75, 3.05) is 32.4 Å². The highest BCUT2D eigenvalue weighted by molar-refractivity contribution is 7.84. The number of nitrogens with one attached hydrogen (secondary N) is 1. The Morgan fingerprint density at radius 2 is 2.06 bits per heavy atom. The Bertz CT molecular complexity index is 284. The second kappa shape index (κ2) is 6.49. The normalized spacial score (nSPS) is 28.1. The summed E-state index contributed by atoms with van der Waals surface area (Å²) in [5, 5.41) is 4.11. The van der Waals surface area contributed by atoms with Gasteiger partial charge in [0.05, 0.1) is 0 Å². The molecule has 1 heterocycles. The van der Waals surface area contributed by atoms with E-state index in [0.717, 1.165) is 26.1 Å². The Labute approximate surface area is 114 Å². The topological polar surface area (TPSA) is 32.3 Å². The van der Waals surface area contributed by atoms with Crippen LogP contribution >= 0.6 is 0 Å². The van der Waals surface area contributed by atoms with Crippen LogP contribution in [0.5, 0.6) is 0 Å². The minimum absolute atomic E-state index is 0.335. The third-order valence-electron chi connectivity index (χ3n) is 4.68. The number of nitrogens with zero attached hydrogens (tertiary/aromatic N) is 1. The fourth-order valence-electron chi connectivity index (χ4n) is 3.33. The van der Waals surface area contributed by atoms with Crippen molar-refractivity contribution in [3.63, 3.8) is 0 Å². The molecule has 1 aliphatic heterocycles. The third kappa shape index (κ3) is 3.78. The van der Waals surface area contributed by atoms with Crippen LogP contribution in [-0.2, 0) is 10.8 Å². The first kappa shape index (κ1) is 14.5. The Balaban J connectivity index is 1.81. The summed E-state index contributed by atoms with van der Waals surface area (Å²) in [4.78, 5) is 2.59. The highest BCUT2D eigenvalue weighted by atomic mass is 32.2. The molecule has 0 amide bonds. The summed E-state index contributed by atoms with van der Waals surface area (Å²) in [6, 6.07) is 0. The molecular formula is C14H28N2OS. The van der Waals surface area contributed by atoms with Crippen molar-refractivity contribution in [2.45, 2.75) is 56.2 Å². The molecule has 2 rings (SSSR count). The second-order valence-electron chi connectivity index (χ2n) is 6.14. The zero-order valence-corrected chi connectivity index (χ0v) is 12.7. The van der Waals surface area contributed by atoms with Gasteiger partial charge in [-0.15, -0.1) is 0 Å². The Kier molecular flexibility index (Phi) is 5.22. The first-order valence-corrected chi connectivity index (χ1v) is 9.03. The lowest BCUT2D eigenvalue weighted by atomic mass is 9.80. The minimum atomic E-state index is -0.670. The Morgan fingerprint density at radius 3 is 2.72 bits per heavy atom. The van der Waals surface area contributed by atoms with Gasteiger partial charge in [-0.1, -0.05) is 26.2 Å². The van der Waals surface area contributed by atoms with E-state index in [-0.39, 0.29) is 0 Å². The molecule has 0 radical (unpaired) electrons. The van der Waals surface area contributed by atoms with Crippen LogP contribution in [0.15, 0.2) is 0 Å². The maximum atomic E-state index is 11.4. The van der Waals surface area contributed by atoms with Crippen molar-refractivity contribution in [3.05, 3.63) is 0 Å². The molecule has 0 aromatic carbocycles. The van der Waals surface area contributed by atoms with Gasteiger partial charge in [-0.05, 0) is 25.8 Å². The smallest absolute Gasteiger partial charge is 0.0329 e. The average Bonchev–Trinajstić information content (AvgIpc) is 2.37. The van der Waals surface area contributed by atoms with Crippen LogP contribution in [0.4, 0.5) is 0 Å². The van der Waals surface area contributed by atoms with Gasteiger partial charge in [0.2, 0.25) is 0 Å². The van der Waals surface area contributed by atoms with Gasteiger partial charge in [0.15, 0.2) is 0 Å². The maximum absolute atomic E-state index is 11.4. The molecule has 0 aromatic heterocycles. The van der Waals surface area contributed by atoms with Crippen molar-refractivity contribution in [3.8, 4) is 0 Å². The predicted octanol–water partition coefficient (Wildman–Crippen LogP) is 1.75. The monoisotopic (exact) mass is 272 g/mol. The molecule has 1 aliphatic carbocycles. The zero-order valence-electron chi connectivity index (χ0n) is 11.9. The van der Waals surface area contributed by atoms with Crippen LogP contribution in [0, 0.1) is 0 Å². The van der Waals surface area contributed by atoms with E-state index in [0.29, 0.717) is 10.8 Å². The van der Waals surface area contributed by atoms with Crippen LogP contribution < -0.4 is 5.32 Å². The molecule has 2 fully saturated rings. The van der Waals surface area contributed by atoms with E-state index in [1.54, 1.807) is 0 Å². The summed E-state index contributed by atoms with van der Waals surface area (Å²) in [6.45, 7) is 6.71.